The number of aromatic amines is 1. The van der Waals surface area contributed by atoms with Gasteiger partial charge in [0.25, 0.3) is 0 Å². The molecule has 0 amide bonds. The third-order valence-electron chi connectivity index (χ3n) is 6.10. The van der Waals surface area contributed by atoms with Gasteiger partial charge in [-0.05, 0) is 66.5 Å². The minimum atomic E-state index is -0.138. The van der Waals surface area contributed by atoms with Gasteiger partial charge >= 0.3 is 5.69 Å². The summed E-state index contributed by atoms with van der Waals surface area (Å²) in [6, 6.07) is 16.7. The summed E-state index contributed by atoms with van der Waals surface area (Å²) in [5, 5.41) is 3.64. The molecule has 6 heteroatoms. The van der Waals surface area contributed by atoms with Crippen molar-refractivity contribution in [2.24, 2.45) is 5.41 Å². The Bertz CT molecular complexity index is 1010. The van der Waals surface area contributed by atoms with Crippen LogP contribution >= 0.6 is 12.4 Å². The Balaban J connectivity index is 0.00000272. The minimum Gasteiger partial charge on any atom is -0.492 e. The molecule has 166 valence electrons. The van der Waals surface area contributed by atoms with Crippen LogP contribution in [-0.4, -0.2) is 28.7 Å². The van der Waals surface area contributed by atoms with Crippen molar-refractivity contribution in [1.82, 2.24) is 14.9 Å². The van der Waals surface area contributed by atoms with Crippen LogP contribution in [0, 0.1) is 5.41 Å². The van der Waals surface area contributed by atoms with Crippen LogP contribution in [0.15, 0.2) is 65.7 Å². The van der Waals surface area contributed by atoms with Gasteiger partial charge in [-0.2, -0.15) is 0 Å². The molecule has 31 heavy (non-hydrogen) atoms. The summed E-state index contributed by atoms with van der Waals surface area (Å²) in [6.07, 6.45) is 8.50. The van der Waals surface area contributed by atoms with Gasteiger partial charge in [-0.25, -0.2) is 4.79 Å². The first-order valence-electron chi connectivity index (χ1n) is 10.8. The fourth-order valence-electron chi connectivity index (χ4n) is 4.14. The van der Waals surface area contributed by atoms with E-state index in [1.54, 1.807) is 17.0 Å². The molecule has 2 aromatic carbocycles. The van der Waals surface area contributed by atoms with Crippen molar-refractivity contribution in [3.05, 3.63) is 71.4 Å². The topological polar surface area (TPSA) is 59.0 Å². The zero-order valence-corrected chi connectivity index (χ0v) is 19.1. The Morgan fingerprint density at radius 3 is 2.52 bits per heavy atom. The number of benzene rings is 2. The van der Waals surface area contributed by atoms with Gasteiger partial charge in [0.05, 0.1) is 5.69 Å². The molecule has 3 aromatic rings. The molecule has 1 aliphatic rings. The minimum absolute atomic E-state index is 0. The Morgan fingerprint density at radius 1 is 1.10 bits per heavy atom. The van der Waals surface area contributed by atoms with E-state index >= 15 is 0 Å². The van der Waals surface area contributed by atoms with Gasteiger partial charge < -0.3 is 15.0 Å². The molecule has 1 heterocycles. The third kappa shape index (κ3) is 6.02. The van der Waals surface area contributed by atoms with Crippen molar-refractivity contribution >= 4 is 12.4 Å². The number of imidazole rings is 1. The van der Waals surface area contributed by atoms with Crippen molar-refractivity contribution < 1.29 is 4.74 Å². The molecule has 0 unspecified atom stereocenters. The Morgan fingerprint density at radius 2 is 1.84 bits per heavy atom. The van der Waals surface area contributed by atoms with E-state index in [1.165, 1.54) is 25.7 Å². The smallest absolute Gasteiger partial charge is 0.330 e. The van der Waals surface area contributed by atoms with E-state index in [9.17, 15) is 4.79 Å². The second-order valence-electron chi connectivity index (χ2n) is 8.95. The van der Waals surface area contributed by atoms with E-state index in [-0.39, 0.29) is 18.1 Å². The standard InChI is InChI=1S/C25H31N3O2.ClH/c1-25(2)12-10-21(11-13-25)26-15-17-30-23-8-6-19(7-9-23)20-4-3-5-22(18-20)28-16-14-27-24(28)29;/h3-9,14,16,18,21,26H,10-13,15,17H2,1-2H3,(H,27,29);1H. The summed E-state index contributed by atoms with van der Waals surface area (Å²) in [6.45, 7) is 6.28. The molecule has 0 saturated heterocycles. The first-order valence-corrected chi connectivity index (χ1v) is 10.8. The van der Waals surface area contributed by atoms with Crippen molar-refractivity contribution in [2.75, 3.05) is 13.2 Å². The zero-order valence-electron chi connectivity index (χ0n) is 18.3. The average Bonchev–Trinajstić information content (AvgIpc) is 3.19. The molecule has 0 radical (unpaired) electrons. The first-order chi connectivity index (χ1) is 14.5. The summed E-state index contributed by atoms with van der Waals surface area (Å²) in [7, 11) is 0. The number of rotatable bonds is 7. The van der Waals surface area contributed by atoms with Gasteiger partial charge in [-0.3, -0.25) is 4.57 Å². The molecule has 1 fully saturated rings. The maximum absolute atomic E-state index is 11.9. The summed E-state index contributed by atoms with van der Waals surface area (Å²) in [4.78, 5) is 14.5. The van der Waals surface area contributed by atoms with Gasteiger partial charge in [-0.15, -0.1) is 12.4 Å². The number of nitrogens with one attached hydrogen (secondary N) is 2. The van der Waals surface area contributed by atoms with Crippen LogP contribution in [0.25, 0.3) is 16.8 Å². The van der Waals surface area contributed by atoms with Crippen LogP contribution in [0.1, 0.15) is 39.5 Å². The van der Waals surface area contributed by atoms with Crippen LogP contribution in [0.3, 0.4) is 0 Å². The van der Waals surface area contributed by atoms with Crippen LogP contribution < -0.4 is 15.7 Å². The summed E-state index contributed by atoms with van der Waals surface area (Å²) < 4.78 is 7.51. The molecule has 2 N–H and O–H groups in total. The lowest BCUT2D eigenvalue weighted by atomic mass is 9.75. The highest BCUT2D eigenvalue weighted by Gasteiger charge is 2.26. The summed E-state index contributed by atoms with van der Waals surface area (Å²) >= 11 is 0. The third-order valence-corrected chi connectivity index (χ3v) is 6.10. The van der Waals surface area contributed by atoms with Crippen molar-refractivity contribution in [3.8, 4) is 22.6 Å². The molecular formula is C25H32ClN3O2. The Kier molecular flexibility index (Phi) is 7.63. The lowest BCUT2D eigenvalue weighted by Crippen LogP contribution is -2.37. The number of H-pyrrole nitrogens is 1. The Labute approximate surface area is 190 Å². The van der Waals surface area contributed by atoms with E-state index in [1.807, 2.05) is 36.4 Å². The first kappa shape index (κ1) is 23.2. The number of nitrogens with zero attached hydrogens (tertiary/aromatic N) is 1. The largest absolute Gasteiger partial charge is 0.492 e. The molecular weight excluding hydrogens is 410 g/mol. The van der Waals surface area contributed by atoms with E-state index in [2.05, 4.69) is 36.3 Å². The molecule has 0 bridgehead atoms. The molecule has 1 aliphatic carbocycles. The van der Waals surface area contributed by atoms with E-state index in [0.717, 1.165) is 29.1 Å². The predicted octanol–water partition coefficient (Wildman–Crippen LogP) is 5.19. The monoisotopic (exact) mass is 441 g/mol. The van der Waals surface area contributed by atoms with Crippen LogP contribution in [0.4, 0.5) is 0 Å². The number of halogens is 1. The molecule has 0 aliphatic heterocycles. The van der Waals surface area contributed by atoms with E-state index in [0.29, 0.717) is 18.1 Å². The summed E-state index contributed by atoms with van der Waals surface area (Å²) in [5.41, 5.74) is 3.37. The van der Waals surface area contributed by atoms with Gasteiger partial charge in [0.2, 0.25) is 0 Å². The lowest BCUT2D eigenvalue weighted by molar-refractivity contribution is 0.200. The number of ether oxygens (including phenoxy) is 1. The van der Waals surface area contributed by atoms with Crippen LogP contribution in [-0.2, 0) is 0 Å². The van der Waals surface area contributed by atoms with Gasteiger partial charge in [-0.1, -0.05) is 38.1 Å². The van der Waals surface area contributed by atoms with E-state index in [4.69, 9.17) is 4.74 Å². The molecule has 5 nitrogen and oxygen atoms in total. The molecule has 0 atom stereocenters. The molecule has 4 rings (SSSR count). The quantitative estimate of drug-likeness (QED) is 0.496. The predicted molar refractivity (Wildman–Crippen MR) is 129 cm³/mol. The van der Waals surface area contributed by atoms with E-state index < -0.39 is 0 Å². The highest BCUT2D eigenvalue weighted by atomic mass is 35.5. The number of aromatic nitrogens is 2. The van der Waals surface area contributed by atoms with Crippen LogP contribution in [0.2, 0.25) is 0 Å². The lowest BCUT2D eigenvalue weighted by Gasteiger charge is -2.34. The van der Waals surface area contributed by atoms with Gasteiger partial charge in [0.15, 0.2) is 0 Å². The molecule has 0 spiro atoms. The maximum atomic E-state index is 11.9. The second kappa shape index (κ2) is 10.2. The number of hydrogen-bond donors (Lipinski definition) is 2. The molecule has 1 aromatic heterocycles. The fourth-order valence-corrected chi connectivity index (χ4v) is 4.14. The van der Waals surface area contributed by atoms with Crippen molar-refractivity contribution in [3.63, 3.8) is 0 Å². The van der Waals surface area contributed by atoms with Crippen LogP contribution in [0.5, 0.6) is 5.75 Å². The van der Waals surface area contributed by atoms with Crippen molar-refractivity contribution in [2.45, 2.75) is 45.6 Å². The molecule has 1 saturated carbocycles. The average molecular weight is 442 g/mol. The fraction of sp³-hybridized carbons (Fsp3) is 0.400. The highest BCUT2D eigenvalue weighted by Crippen LogP contribution is 2.34. The van der Waals surface area contributed by atoms with Gasteiger partial charge in [0.1, 0.15) is 12.4 Å². The second-order valence-corrected chi connectivity index (χ2v) is 8.95. The zero-order chi connectivity index (χ0) is 21.0. The Hall–Kier alpha value is -2.50. The SMILES string of the molecule is CC1(C)CCC(NCCOc2ccc(-c3cccc(-n4cc[nH]c4=O)c3)cc2)CC1.Cl. The van der Waals surface area contributed by atoms with Crippen molar-refractivity contribution in [1.29, 1.82) is 0 Å². The number of hydrogen-bond acceptors (Lipinski definition) is 3. The maximum Gasteiger partial charge on any atom is 0.330 e. The normalized spacial score (nSPS) is 15.9. The summed E-state index contributed by atoms with van der Waals surface area (Å²) in [5.74, 6) is 0.878. The van der Waals surface area contributed by atoms with Gasteiger partial charge in [0, 0.05) is 25.0 Å². The highest BCUT2D eigenvalue weighted by molar-refractivity contribution is 5.85.